The van der Waals surface area contributed by atoms with E-state index in [0.717, 1.165) is 17.5 Å². The molecule has 0 amide bonds. The summed E-state index contributed by atoms with van der Waals surface area (Å²) >= 11 is 0. The van der Waals surface area contributed by atoms with Crippen LogP contribution in [0.4, 0.5) is 0 Å². The first-order valence-electron chi connectivity index (χ1n) is 6.02. The van der Waals surface area contributed by atoms with Crippen molar-refractivity contribution in [2.75, 3.05) is 20.3 Å². The summed E-state index contributed by atoms with van der Waals surface area (Å²) in [5, 5.41) is 10.7. The van der Waals surface area contributed by atoms with Gasteiger partial charge in [0, 0.05) is 7.11 Å². The van der Waals surface area contributed by atoms with E-state index in [2.05, 4.69) is 6.07 Å². The zero-order valence-electron chi connectivity index (χ0n) is 11.0. The number of ether oxygens (including phenoxy) is 1. The lowest BCUT2D eigenvalue weighted by atomic mass is 9.86. The third kappa shape index (κ3) is 3.53. The zero-order chi connectivity index (χ0) is 12.9. The number of benzene rings is 1. The molecule has 3 N–H and O–H groups in total. The van der Waals surface area contributed by atoms with Gasteiger partial charge >= 0.3 is 0 Å². The van der Waals surface area contributed by atoms with E-state index in [4.69, 9.17) is 10.5 Å². The molecule has 1 rings (SSSR count). The van der Waals surface area contributed by atoms with Crippen LogP contribution >= 0.6 is 0 Å². The van der Waals surface area contributed by atoms with Crippen LogP contribution in [0, 0.1) is 13.8 Å². The molecule has 0 aliphatic rings. The van der Waals surface area contributed by atoms with Gasteiger partial charge in [-0.2, -0.15) is 0 Å². The molecule has 0 fully saturated rings. The van der Waals surface area contributed by atoms with E-state index < -0.39 is 5.60 Å². The molecule has 0 aliphatic heterocycles. The van der Waals surface area contributed by atoms with Crippen LogP contribution in [0.15, 0.2) is 18.2 Å². The molecule has 0 saturated heterocycles. The minimum atomic E-state index is -0.925. The van der Waals surface area contributed by atoms with Crippen molar-refractivity contribution in [1.82, 2.24) is 0 Å². The van der Waals surface area contributed by atoms with Crippen molar-refractivity contribution in [3.05, 3.63) is 34.9 Å². The number of methoxy groups -OCH3 is 1. The average molecular weight is 237 g/mol. The fraction of sp³-hybridized carbons (Fsp3) is 0.571. The number of aliphatic hydroxyl groups is 1. The summed E-state index contributed by atoms with van der Waals surface area (Å²) in [7, 11) is 1.61. The molecule has 0 aromatic heterocycles. The van der Waals surface area contributed by atoms with Crippen LogP contribution in [0.3, 0.4) is 0 Å². The van der Waals surface area contributed by atoms with Crippen molar-refractivity contribution in [2.45, 2.75) is 32.3 Å². The van der Waals surface area contributed by atoms with E-state index in [1.165, 1.54) is 5.56 Å². The molecule has 0 spiro atoms. The minimum absolute atomic E-state index is 0.302. The van der Waals surface area contributed by atoms with E-state index in [1.807, 2.05) is 26.0 Å². The number of hydrogen-bond donors (Lipinski definition) is 2. The molecule has 1 atom stereocenters. The van der Waals surface area contributed by atoms with Gasteiger partial charge in [-0.15, -0.1) is 0 Å². The molecule has 0 radical (unpaired) electrons. The highest BCUT2D eigenvalue weighted by Gasteiger charge is 2.30. The number of hydrogen-bond acceptors (Lipinski definition) is 3. The Labute approximate surface area is 104 Å². The van der Waals surface area contributed by atoms with Crippen molar-refractivity contribution in [1.29, 1.82) is 0 Å². The minimum Gasteiger partial charge on any atom is -0.383 e. The molecule has 17 heavy (non-hydrogen) atoms. The van der Waals surface area contributed by atoms with Gasteiger partial charge in [0.1, 0.15) is 5.60 Å². The van der Waals surface area contributed by atoms with E-state index in [-0.39, 0.29) is 0 Å². The molecule has 0 heterocycles. The Bertz CT molecular complexity index is 365. The van der Waals surface area contributed by atoms with E-state index in [1.54, 1.807) is 7.11 Å². The smallest absolute Gasteiger partial charge is 0.113 e. The molecule has 96 valence electrons. The maximum atomic E-state index is 10.7. The van der Waals surface area contributed by atoms with E-state index in [0.29, 0.717) is 19.6 Å². The van der Waals surface area contributed by atoms with Crippen LogP contribution < -0.4 is 5.73 Å². The number of nitrogens with two attached hydrogens (primary N) is 1. The van der Waals surface area contributed by atoms with Crippen LogP contribution in [0.5, 0.6) is 0 Å². The Kier molecular flexibility index (Phi) is 5.12. The second-order valence-corrected chi connectivity index (χ2v) is 4.68. The van der Waals surface area contributed by atoms with Gasteiger partial charge in [0.25, 0.3) is 0 Å². The standard InChI is InChI=1S/C14H23NO2/c1-11-5-6-13(12(2)9-11)14(16,10-17-3)7-4-8-15/h5-6,9,16H,4,7-8,10,15H2,1-3H3. The van der Waals surface area contributed by atoms with Gasteiger partial charge < -0.3 is 15.6 Å². The van der Waals surface area contributed by atoms with Crippen molar-refractivity contribution in [2.24, 2.45) is 5.73 Å². The predicted octanol–water partition coefficient (Wildman–Crippen LogP) is 1.88. The van der Waals surface area contributed by atoms with Crippen molar-refractivity contribution in [3.8, 4) is 0 Å². The molecule has 1 aromatic rings. The lowest BCUT2D eigenvalue weighted by Crippen LogP contribution is -2.32. The summed E-state index contributed by atoms with van der Waals surface area (Å²) in [6.45, 7) is 4.95. The van der Waals surface area contributed by atoms with Gasteiger partial charge in [-0.05, 0) is 44.4 Å². The lowest BCUT2D eigenvalue weighted by Gasteiger charge is -2.29. The summed E-state index contributed by atoms with van der Waals surface area (Å²) < 4.78 is 5.15. The van der Waals surface area contributed by atoms with E-state index in [9.17, 15) is 5.11 Å². The number of rotatable bonds is 6. The topological polar surface area (TPSA) is 55.5 Å². The van der Waals surface area contributed by atoms with Crippen LogP contribution in [0.2, 0.25) is 0 Å². The Balaban J connectivity index is 3.03. The van der Waals surface area contributed by atoms with Gasteiger partial charge in [0.05, 0.1) is 6.61 Å². The Morgan fingerprint density at radius 3 is 2.59 bits per heavy atom. The maximum absolute atomic E-state index is 10.7. The summed E-state index contributed by atoms with van der Waals surface area (Å²) in [5.74, 6) is 0. The monoisotopic (exact) mass is 237 g/mol. The van der Waals surface area contributed by atoms with E-state index >= 15 is 0 Å². The number of aryl methyl sites for hydroxylation is 2. The predicted molar refractivity (Wildman–Crippen MR) is 70.0 cm³/mol. The lowest BCUT2D eigenvalue weighted by molar-refractivity contribution is -0.0434. The Morgan fingerprint density at radius 1 is 1.35 bits per heavy atom. The Hall–Kier alpha value is -0.900. The Morgan fingerprint density at radius 2 is 2.06 bits per heavy atom. The molecule has 1 aromatic carbocycles. The highest BCUT2D eigenvalue weighted by atomic mass is 16.5. The second-order valence-electron chi connectivity index (χ2n) is 4.68. The molecule has 0 bridgehead atoms. The van der Waals surface area contributed by atoms with Crippen molar-refractivity contribution >= 4 is 0 Å². The van der Waals surface area contributed by atoms with Gasteiger partial charge in [0.2, 0.25) is 0 Å². The first kappa shape index (κ1) is 14.2. The van der Waals surface area contributed by atoms with Crippen LogP contribution in [-0.2, 0) is 10.3 Å². The first-order valence-corrected chi connectivity index (χ1v) is 6.02. The fourth-order valence-electron chi connectivity index (χ4n) is 2.25. The fourth-order valence-corrected chi connectivity index (χ4v) is 2.25. The summed E-state index contributed by atoms with van der Waals surface area (Å²) in [5.41, 5.74) is 7.84. The van der Waals surface area contributed by atoms with Crippen LogP contribution in [0.25, 0.3) is 0 Å². The molecular formula is C14H23NO2. The van der Waals surface area contributed by atoms with Crippen LogP contribution in [0.1, 0.15) is 29.5 Å². The summed E-state index contributed by atoms with van der Waals surface area (Å²) in [6, 6.07) is 6.09. The maximum Gasteiger partial charge on any atom is 0.113 e. The SMILES string of the molecule is COCC(O)(CCCN)c1ccc(C)cc1C. The molecule has 1 unspecified atom stereocenters. The summed E-state index contributed by atoms with van der Waals surface area (Å²) in [6.07, 6.45) is 1.41. The summed E-state index contributed by atoms with van der Waals surface area (Å²) in [4.78, 5) is 0. The van der Waals surface area contributed by atoms with Gasteiger partial charge in [-0.1, -0.05) is 23.8 Å². The van der Waals surface area contributed by atoms with Gasteiger partial charge in [0.15, 0.2) is 0 Å². The largest absolute Gasteiger partial charge is 0.383 e. The van der Waals surface area contributed by atoms with Gasteiger partial charge in [-0.3, -0.25) is 0 Å². The van der Waals surface area contributed by atoms with Crippen LogP contribution in [-0.4, -0.2) is 25.4 Å². The highest BCUT2D eigenvalue weighted by Crippen LogP contribution is 2.29. The van der Waals surface area contributed by atoms with Crippen molar-refractivity contribution < 1.29 is 9.84 Å². The normalized spacial score (nSPS) is 14.6. The third-order valence-electron chi connectivity index (χ3n) is 3.06. The molecule has 0 saturated carbocycles. The molecule has 3 heteroatoms. The van der Waals surface area contributed by atoms with Gasteiger partial charge in [-0.25, -0.2) is 0 Å². The molecule has 0 aliphatic carbocycles. The molecule has 3 nitrogen and oxygen atoms in total. The molecular weight excluding hydrogens is 214 g/mol. The quantitative estimate of drug-likeness (QED) is 0.794. The second kappa shape index (κ2) is 6.15. The zero-order valence-corrected chi connectivity index (χ0v) is 11.0. The first-order chi connectivity index (χ1) is 8.03. The average Bonchev–Trinajstić information content (AvgIpc) is 2.26. The third-order valence-corrected chi connectivity index (χ3v) is 3.06. The highest BCUT2D eigenvalue weighted by molar-refractivity contribution is 5.34. The van der Waals surface area contributed by atoms with Crippen molar-refractivity contribution in [3.63, 3.8) is 0 Å².